The standard InChI is InChI=1S/C13H15ClN4O/c1-8(2)11-12(18-15)16-7-17-13(11)19-10-6-4-3-5-9(10)14/h3-8H,15H2,1-2H3,(H,16,17,18). The highest BCUT2D eigenvalue weighted by molar-refractivity contribution is 6.32. The average molecular weight is 279 g/mol. The van der Waals surface area contributed by atoms with Gasteiger partial charge in [-0.25, -0.2) is 15.8 Å². The number of hydrogen-bond acceptors (Lipinski definition) is 5. The van der Waals surface area contributed by atoms with Crippen molar-refractivity contribution in [1.29, 1.82) is 0 Å². The number of rotatable bonds is 4. The van der Waals surface area contributed by atoms with Crippen LogP contribution in [0.15, 0.2) is 30.6 Å². The first-order valence-electron chi connectivity index (χ1n) is 5.87. The first kappa shape index (κ1) is 13.6. The van der Waals surface area contributed by atoms with E-state index in [9.17, 15) is 0 Å². The Labute approximate surface area is 116 Å². The Morgan fingerprint density at radius 3 is 2.63 bits per heavy atom. The number of hydrazine groups is 1. The van der Waals surface area contributed by atoms with Crippen LogP contribution in [0.25, 0.3) is 0 Å². The molecule has 100 valence electrons. The molecule has 0 saturated carbocycles. The van der Waals surface area contributed by atoms with Gasteiger partial charge in [-0.05, 0) is 18.1 Å². The fourth-order valence-corrected chi connectivity index (χ4v) is 1.90. The summed E-state index contributed by atoms with van der Waals surface area (Å²) in [4.78, 5) is 8.24. The number of halogens is 1. The first-order chi connectivity index (χ1) is 9.13. The molecule has 0 radical (unpaired) electrons. The van der Waals surface area contributed by atoms with Crippen molar-refractivity contribution in [3.63, 3.8) is 0 Å². The van der Waals surface area contributed by atoms with Crippen LogP contribution in [0.5, 0.6) is 11.6 Å². The van der Waals surface area contributed by atoms with Gasteiger partial charge in [0.15, 0.2) is 5.82 Å². The molecule has 0 amide bonds. The highest BCUT2D eigenvalue weighted by Crippen LogP contribution is 2.34. The van der Waals surface area contributed by atoms with Crippen LogP contribution in [0.2, 0.25) is 5.02 Å². The summed E-state index contributed by atoms with van der Waals surface area (Å²) in [6.45, 7) is 4.03. The minimum Gasteiger partial charge on any atom is -0.437 e. The second-order valence-electron chi connectivity index (χ2n) is 4.27. The number of anilines is 1. The minimum absolute atomic E-state index is 0.157. The van der Waals surface area contributed by atoms with Crippen molar-refractivity contribution in [3.05, 3.63) is 41.2 Å². The molecule has 0 aliphatic carbocycles. The molecule has 0 atom stereocenters. The molecule has 0 aliphatic rings. The molecule has 0 spiro atoms. The van der Waals surface area contributed by atoms with Gasteiger partial charge in [0, 0.05) is 0 Å². The minimum atomic E-state index is 0.157. The lowest BCUT2D eigenvalue weighted by Crippen LogP contribution is -2.13. The second-order valence-corrected chi connectivity index (χ2v) is 4.68. The van der Waals surface area contributed by atoms with Crippen molar-refractivity contribution < 1.29 is 4.74 Å². The summed E-state index contributed by atoms with van der Waals surface area (Å²) < 4.78 is 5.77. The van der Waals surface area contributed by atoms with Gasteiger partial charge in [0.05, 0.1) is 10.6 Å². The van der Waals surface area contributed by atoms with Crippen LogP contribution in [-0.4, -0.2) is 9.97 Å². The monoisotopic (exact) mass is 278 g/mol. The maximum atomic E-state index is 6.07. The van der Waals surface area contributed by atoms with E-state index in [0.717, 1.165) is 5.56 Å². The number of nitrogen functional groups attached to an aromatic ring is 1. The zero-order chi connectivity index (χ0) is 13.8. The lowest BCUT2D eigenvalue weighted by molar-refractivity contribution is 0.452. The van der Waals surface area contributed by atoms with Crippen LogP contribution in [0.4, 0.5) is 5.82 Å². The van der Waals surface area contributed by atoms with E-state index in [-0.39, 0.29) is 5.92 Å². The molecule has 2 aromatic rings. The molecule has 19 heavy (non-hydrogen) atoms. The quantitative estimate of drug-likeness (QED) is 0.663. The number of nitrogens with one attached hydrogen (secondary N) is 1. The van der Waals surface area contributed by atoms with Gasteiger partial charge in [0.25, 0.3) is 0 Å². The lowest BCUT2D eigenvalue weighted by Gasteiger charge is -2.15. The van der Waals surface area contributed by atoms with Gasteiger partial charge in [0.1, 0.15) is 12.1 Å². The van der Waals surface area contributed by atoms with E-state index in [1.807, 2.05) is 26.0 Å². The Morgan fingerprint density at radius 2 is 2.00 bits per heavy atom. The molecular weight excluding hydrogens is 264 g/mol. The number of nitrogens with two attached hydrogens (primary N) is 1. The van der Waals surface area contributed by atoms with E-state index in [0.29, 0.717) is 22.5 Å². The number of benzene rings is 1. The van der Waals surface area contributed by atoms with Gasteiger partial charge in [-0.2, -0.15) is 0 Å². The van der Waals surface area contributed by atoms with Gasteiger partial charge in [-0.1, -0.05) is 37.6 Å². The summed E-state index contributed by atoms with van der Waals surface area (Å²) in [5.74, 6) is 7.16. The highest BCUT2D eigenvalue weighted by Gasteiger charge is 2.17. The van der Waals surface area contributed by atoms with E-state index in [1.165, 1.54) is 6.33 Å². The van der Waals surface area contributed by atoms with E-state index in [2.05, 4.69) is 15.4 Å². The topological polar surface area (TPSA) is 73.1 Å². The van der Waals surface area contributed by atoms with Gasteiger partial charge in [-0.15, -0.1) is 0 Å². The fraction of sp³-hybridized carbons (Fsp3) is 0.231. The molecule has 1 aromatic heterocycles. The molecule has 0 fully saturated rings. The predicted molar refractivity (Wildman–Crippen MR) is 75.5 cm³/mol. The number of para-hydroxylation sites is 1. The van der Waals surface area contributed by atoms with Gasteiger partial charge < -0.3 is 10.2 Å². The lowest BCUT2D eigenvalue weighted by atomic mass is 10.1. The van der Waals surface area contributed by atoms with Crippen molar-refractivity contribution in [1.82, 2.24) is 9.97 Å². The molecular formula is C13H15ClN4O. The Bertz CT molecular complexity index is 574. The third kappa shape index (κ3) is 2.94. The van der Waals surface area contributed by atoms with Crippen LogP contribution in [0, 0.1) is 0 Å². The Morgan fingerprint density at radius 1 is 1.26 bits per heavy atom. The molecule has 1 aromatic carbocycles. The zero-order valence-electron chi connectivity index (χ0n) is 10.7. The summed E-state index contributed by atoms with van der Waals surface area (Å²) in [6.07, 6.45) is 1.40. The van der Waals surface area contributed by atoms with Gasteiger partial charge >= 0.3 is 0 Å². The molecule has 0 bridgehead atoms. The molecule has 0 unspecified atom stereocenters. The third-order valence-electron chi connectivity index (χ3n) is 2.60. The first-order valence-corrected chi connectivity index (χ1v) is 6.25. The van der Waals surface area contributed by atoms with Crippen molar-refractivity contribution in [3.8, 4) is 11.6 Å². The molecule has 3 N–H and O–H groups in total. The normalized spacial score (nSPS) is 10.6. The van der Waals surface area contributed by atoms with Crippen LogP contribution >= 0.6 is 11.6 Å². The molecule has 0 aliphatic heterocycles. The third-order valence-corrected chi connectivity index (χ3v) is 2.92. The Kier molecular flexibility index (Phi) is 4.19. The van der Waals surface area contributed by atoms with E-state index < -0.39 is 0 Å². The molecule has 6 heteroatoms. The van der Waals surface area contributed by atoms with Crippen LogP contribution in [0.3, 0.4) is 0 Å². The molecule has 0 saturated heterocycles. The number of aromatic nitrogens is 2. The van der Waals surface area contributed by atoms with E-state index >= 15 is 0 Å². The van der Waals surface area contributed by atoms with Crippen LogP contribution in [0.1, 0.15) is 25.3 Å². The summed E-state index contributed by atoms with van der Waals surface area (Å²) in [5.41, 5.74) is 3.36. The zero-order valence-corrected chi connectivity index (χ0v) is 11.5. The molecule has 5 nitrogen and oxygen atoms in total. The fourth-order valence-electron chi connectivity index (χ4n) is 1.73. The van der Waals surface area contributed by atoms with Crippen molar-refractivity contribution in [2.24, 2.45) is 5.84 Å². The maximum absolute atomic E-state index is 6.07. The Hall–Kier alpha value is -1.85. The second kappa shape index (κ2) is 5.86. The van der Waals surface area contributed by atoms with Crippen LogP contribution in [-0.2, 0) is 0 Å². The summed E-state index contributed by atoms with van der Waals surface area (Å²) >= 11 is 6.07. The number of ether oxygens (including phenoxy) is 1. The highest BCUT2D eigenvalue weighted by atomic mass is 35.5. The van der Waals surface area contributed by atoms with Crippen LogP contribution < -0.4 is 16.0 Å². The largest absolute Gasteiger partial charge is 0.437 e. The number of hydrogen-bond donors (Lipinski definition) is 2. The number of nitrogens with zero attached hydrogens (tertiary/aromatic N) is 2. The smallest absolute Gasteiger partial charge is 0.228 e. The SMILES string of the molecule is CC(C)c1c(NN)ncnc1Oc1ccccc1Cl. The summed E-state index contributed by atoms with van der Waals surface area (Å²) in [5, 5.41) is 0.526. The summed E-state index contributed by atoms with van der Waals surface area (Å²) in [6, 6.07) is 7.23. The van der Waals surface area contributed by atoms with Gasteiger partial charge in [0.2, 0.25) is 5.88 Å². The predicted octanol–water partition coefficient (Wildman–Crippen LogP) is 3.33. The van der Waals surface area contributed by atoms with Crippen molar-refractivity contribution in [2.75, 3.05) is 5.43 Å². The molecule has 1 heterocycles. The van der Waals surface area contributed by atoms with E-state index in [4.69, 9.17) is 22.2 Å². The molecule has 2 rings (SSSR count). The van der Waals surface area contributed by atoms with Crippen molar-refractivity contribution in [2.45, 2.75) is 19.8 Å². The summed E-state index contributed by atoms with van der Waals surface area (Å²) in [7, 11) is 0. The maximum Gasteiger partial charge on any atom is 0.228 e. The van der Waals surface area contributed by atoms with E-state index in [1.54, 1.807) is 12.1 Å². The van der Waals surface area contributed by atoms with Gasteiger partial charge in [-0.3, -0.25) is 0 Å². The Balaban J connectivity index is 2.43. The average Bonchev–Trinajstić information content (AvgIpc) is 2.40. The van der Waals surface area contributed by atoms with Crippen molar-refractivity contribution >= 4 is 17.4 Å².